The van der Waals surface area contributed by atoms with Crippen molar-refractivity contribution in [1.29, 1.82) is 0 Å². The minimum atomic E-state index is -1.29. The van der Waals surface area contributed by atoms with E-state index in [9.17, 15) is 15.0 Å². The molecular weight excluding hydrogens is 368 g/mol. The maximum atomic E-state index is 11.7. The first-order valence-corrected chi connectivity index (χ1v) is 11.5. The molecule has 0 aliphatic heterocycles. The minimum absolute atomic E-state index is 0.322. The van der Waals surface area contributed by atoms with Gasteiger partial charge < -0.3 is 20.1 Å². The summed E-state index contributed by atoms with van der Waals surface area (Å²) in [5.41, 5.74) is 0.957. The van der Waals surface area contributed by atoms with E-state index in [1.165, 1.54) is 44.6 Å². The third kappa shape index (κ3) is 16.6. The van der Waals surface area contributed by atoms with E-state index in [1.54, 1.807) is 0 Å². The zero-order valence-corrected chi connectivity index (χ0v) is 19.4. The SMILES string of the molecule is C/C(=C\C(=O)OCC(O)C(O)CO)CCCC(C)CCCC(C)CCCC(C)C. The number of aliphatic hydroxyl groups is 3. The van der Waals surface area contributed by atoms with Crippen LogP contribution in [0, 0.1) is 17.8 Å². The largest absolute Gasteiger partial charge is 0.460 e. The third-order valence-electron chi connectivity index (χ3n) is 5.53. The number of ether oxygens (including phenoxy) is 1. The molecule has 0 fully saturated rings. The molecule has 0 bridgehead atoms. The Morgan fingerprint density at radius 1 is 0.862 bits per heavy atom. The second kappa shape index (κ2) is 16.8. The van der Waals surface area contributed by atoms with E-state index in [0.717, 1.165) is 36.7 Å². The molecule has 4 atom stereocenters. The highest BCUT2D eigenvalue weighted by Crippen LogP contribution is 2.22. The molecule has 0 saturated carbocycles. The molecular formula is C24H46O5. The van der Waals surface area contributed by atoms with Crippen LogP contribution in [-0.4, -0.2) is 46.7 Å². The number of esters is 1. The summed E-state index contributed by atoms with van der Waals surface area (Å²) >= 11 is 0. The van der Waals surface area contributed by atoms with E-state index in [0.29, 0.717) is 5.92 Å². The van der Waals surface area contributed by atoms with Gasteiger partial charge in [0.05, 0.1) is 6.61 Å². The maximum Gasteiger partial charge on any atom is 0.330 e. The lowest BCUT2D eigenvalue weighted by molar-refractivity contribution is -0.143. The number of carbonyl (C=O) groups is 1. The van der Waals surface area contributed by atoms with E-state index in [-0.39, 0.29) is 6.61 Å². The summed E-state index contributed by atoms with van der Waals surface area (Å²) in [6.07, 6.45) is 9.87. The Hall–Kier alpha value is -0.910. The normalized spacial score (nSPS) is 16.5. The second-order valence-corrected chi connectivity index (χ2v) is 9.30. The van der Waals surface area contributed by atoms with Crippen LogP contribution in [0.4, 0.5) is 0 Å². The quantitative estimate of drug-likeness (QED) is 0.239. The van der Waals surface area contributed by atoms with E-state index >= 15 is 0 Å². The van der Waals surface area contributed by atoms with Crippen LogP contribution in [-0.2, 0) is 9.53 Å². The number of rotatable bonds is 17. The Morgan fingerprint density at radius 3 is 1.90 bits per heavy atom. The fraction of sp³-hybridized carbons (Fsp3) is 0.875. The van der Waals surface area contributed by atoms with Gasteiger partial charge in [-0.15, -0.1) is 0 Å². The molecule has 4 unspecified atom stereocenters. The van der Waals surface area contributed by atoms with Crippen molar-refractivity contribution < 1.29 is 24.9 Å². The number of carbonyl (C=O) groups excluding carboxylic acids is 1. The maximum absolute atomic E-state index is 11.7. The van der Waals surface area contributed by atoms with Crippen molar-refractivity contribution in [2.24, 2.45) is 17.8 Å². The molecule has 0 spiro atoms. The number of hydrogen-bond donors (Lipinski definition) is 3. The Kier molecular flexibility index (Phi) is 16.3. The van der Waals surface area contributed by atoms with E-state index in [1.807, 2.05) is 6.92 Å². The molecule has 0 saturated heterocycles. The van der Waals surface area contributed by atoms with Gasteiger partial charge in [0.1, 0.15) is 18.8 Å². The molecule has 172 valence electrons. The number of hydrogen-bond acceptors (Lipinski definition) is 5. The van der Waals surface area contributed by atoms with E-state index in [4.69, 9.17) is 9.84 Å². The first-order chi connectivity index (χ1) is 13.6. The van der Waals surface area contributed by atoms with Crippen LogP contribution in [0.1, 0.15) is 92.4 Å². The van der Waals surface area contributed by atoms with Gasteiger partial charge in [0.15, 0.2) is 0 Å². The summed E-state index contributed by atoms with van der Waals surface area (Å²) in [6, 6.07) is 0. The first kappa shape index (κ1) is 28.1. The molecule has 0 heterocycles. The van der Waals surface area contributed by atoms with Gasteiger partial charge in [-0.25, -0.2) is 4.79 Å². The third-order valence-corrected chi connectivity index (χ3v) is 5.53. The van der Waals surface area contributed by atoms with Gasteiger partial charge in [-0.2, -0.15) is 0 Å². The number of aliphatic hydroxyl groups excluding tert-OH is 3. The van der Waals surface area contributed by atoms with Crippen LogP contribution in [0.25, 0.3) is 0 Å². The van der Waals surface area contributed by atoms with Crippen molar-refractivity contribution in [3.63, 3.8) is 0 Å². The van der Waals surface area contributed by atoms with Gasteiger partial charge in [0, 0.05) is 6.08 Å². The smallest absolute Gasteiger partial charge is 0.330 e. The lowest BCUT2D eigenvalue weighted by Gasteiger charge is -2.15. The molecule has 0 aliphatic rings. The fourth-order valence-electron chi connectivity index (χ4n) is 3.42. The minimum Gasteiger partial charge on any atom is -0.460 e. The summed E-state index contributed by atoms with van der Waals surface area (Å²) < 4.78 is 4.90. The molecule has 0 rings (SSSR count). The molecule has 29 heavy (non-hydrogen) atoms. The zero-order chi connectivity index (χ0) is 22.2. The van der Waals surface area contributed by atoms with Gasteiger partial charge in [-0.1, -0.05) is 78.2 Å². The van der Waals surface area contributed by atoms with Crippen LogP contribution in [0.15, 0.2) is 11.6 Å². The van der Waals surface area contributed by atoms with Crippen molar-refractivity contribution in [3.05, 3.63) is 11.6 Å². The summed E-state index contributed by atoms with van der Waals surface area (Å²) in [4.78, 5) is 11.7. The molecule has 0 aromatic heterocycles. The summed E-state index contributed by atoms with van der Waals surface area (Å²) in [5, 5.41) is 27.4. The molecule has 0 aliphatic carbocycles. The average molecular weight is 415 g/mol. The van der Waals surface area contributed by atoms with Gasteiger partial charge in [-0.3, -0.25) is 0 Å². The molecule has 3 N–H and O–H groups in total. The van der Waals surface area contributed by atoms with Crippen LogP contribution in [0.3, 0.4) is 0 Å². The topological polar surface area (TPSA) is 87.0 Å². The highest BCUT2D eigenvalue weighted by Gasteiger charge is 2.16. The van der Waals surface area contributed by atoms with Crippen LogP contribution >= 0.6 is 0 Å². The predicted octanol–water partition coefficient (Wildman–Crippen LogP) is 4.63. The van der Waals surface area contributed by atoms with Gasteiger partial charge >= 0.3 is 5.97 Å². The highest BCUT2D eigenvalue weighted by atomic mass is 16.5. The molecule has 5 nitrogen and oxygen atoms in total. The predicted molar refractivity (Wildman–Crippen MR) is 119 cm³/mol. The first-order valence-electron chi connectivity index (χ1n) is 11.5. The zero-order valence-electron chi connectivity index (χ0n) is 19.4. The lowest BCUT2D eigenvalue weighted by Crippen LogP contribution is -2.33. The Morgan fingerprint density at radius 2 is 1.38 bits per heavy atom. The molecule has 0 amide bonds. The van der Waals surface area contributed by atoms with Crippen molar-refractivity contribution in [2.45, 2.75) is 105 Å². The Labute approximate surface area is 178 Å². The summed E-state index contributed by atoms with van der Waals surface area (Å²) in [5.74, 6) is 1.82. The van der Waals surface area contributed by atoms with Crippen molar-refractivity contribution in [3.8, 4) is 0 Å². The Bertz CT molecular complexity index is 447. The molecule has 0 radical (unpaired) electrons. The van der Waals surface area contributed by atoms with Crippen LogP contribution in [0.2, 0.25) is 0 Å². The van der Waals surface area contributed by atoms with Crippen molar-refractivity contribution >= 4 is 5.97 Å². The highest BCUT2D eigenvalue weighted by molar-refractivity contribution is 5.82. The summed E-state index contributed by atoms with van der Waals surface area (Å²) in [6.45, 7) is 10.3. The van der Waals surface area contributed by atoms with Crippen LogP contribution < -0.4 is 0 Å². The van der Waals surface area contributed by atoms with Crippen LogP contribution in [0.5, 0.6) is 0 Å². The monoisotopic (exact) mass is 414 g/mol. The Balaban J connectivity index is 3.87. The second-order valence-electron chi connectivity index (χ2n) is 9.30. The van der Waals surface area contributed by atoms with E-state index < -0.39 is 24.8 Å². The summed E-state index contributed by atoms with van der Waals surface area (Å²) in [7, 11) is 0. The lowest BCUT2D eigenvalue weighted by atomic mass is 9.91. The average Bonchev–Trinajstić information content (AvgIpc) is 2.65. The number of allylic oxidation sites excluding steroid dienone is 1. The molecule has 5 heteroatoms. The van der Waals surface area contributed by atoms with Gasteiger partial charge in [0.2, 0.25) is 0 Å². The van der Waals surface area contributed by atoms with Gasteiger partial charge in [0.25, 0.3) is 0 Å². The van der Waals surface area contributed by atoms with Crippen molar-refractivity contribution in [1.82, 2.24) is 0 Å². The van der Waals surface area contributed by atoms with Crippen molar-refractivity contribution in [2.75, 3.05) is 13.2 Å². The molecule has 0 aromatic rings. The molecule has 0 aromatic carbocycles. The van der Waals surface area contributed by atoms with Gasteiger partial charge in [-0.05, 0) is 37.5 Å². The fourth-order valence-corrected chi connectivity index (χ4v) is 3.42. The standard InChI is InChI=1S/C24H46O5/c1-18(2)9-6-10-19(3)11-7-12-20(4)13-8-14-21(5)15-24(28)29-17-23(27)22(26)16-25/h15,18-20,22-23,25-27H,6-14,16-17H2,1-5H3/b21-15+. The van der Waals surface area contributed by atoms with E-state index in [2.05, 4.69) is 27.7 Å².